The molecular formula is C10H12N2O4. The molecule has 1 rings (SSSR count). The van der Waals surface area contributed by atoms with Crippen LogP contribution in [0.2, 0.25) is 0 Å². The smallest absolute Gasteiger partial charge is 0.342 e. The van der Waals surface area contributed by atoms with Crippen molar-refractivity contribution in [3.63, 3.8) is 0 Å². The molecule has 86 valence electrons. The summed E-state index contributed by atoms with van der Waals surface area (Å²) in [6, 6.07) is 4.07. The topological polar surface area (TPSA) is 92.5 Å². The van der Waals surface area contributed by atoms with Gasteiger partial charge in [-0.1, -0.05) is 0 Å². The molecule has 0 spiro atoms. The molecule has 0 aliphatic carbocycles. The van der Waals surface area contributed by atoms with Crippen molar-refractivity contribution in [3.05, 3.63) is 33.9 Å². The normalized spacial score (nSPS) is 10.2. The number of nitrogens with one attached hydrogen (secondary N) is 1. The van der Waals surface area contributed by atoms with E-state index in [4.69, 9.17) is 5.11 Å². The fraction of sp³-hybridized carbons (Fsp3) is 0.300. The minimum Gasteiger partial charge on any atom is -0.477 e. The molecule has 6 nitrogen and oxygen atoms in total. The second-order valence-corrected chi connectivity index (χ2v) is 3.59. The molecule has 0 aromatic heterocycles. The second kappa shape index (κ2) is 4.61. The minimum atomic E-state index is -1.31. The Morgan fingerprint density at radius 1 is 1.50 bits per heavy atom. The Bertz CT molecular complexity index is 429. The van der Waals surface area contributed by atoms with Crippen molar-refractivity contribution in [2.24, 2.45) is 0 Å². The number of carboxylic acids is 1. The van der Waals surface area contributed by atoms with Gasteiger partial charge in [-0.15, -0.1) is 0 Å². The molecule has 0 bridgehead atoms. The molecule has 1 aromatic carbocycles. The molecule has 1 aromatic rings. The van der Waals surface area contributed by atoms with Gasteiger partial charge in [0.15, 0.2) is 0 Å². The summed E-state index contributed by atoms with van der Waals surface area (Å²) >= 11 is 0. The fourth-order valence-electron chi connectivity index (χ4n) is 1.29. The third-order valence-corrected chi connectivity index (χ3v) is 1.88. The molecule has 0 aliphatic rings. The SMILES string of the molecule is CC(C)Nc1ccc([N+](=O)[O-])c(C(=O)O)c1. The van der Waals surface area contributed by atoms with Gasteiger partial charge < -0.3 is 10.4 Å². The lowest BCUT2D eigenvalue weighted by Gasteiger charge is -2.10. The number of hydrogen-bond donors (Lipinski definition) is 2. The van der Waals surface area contributed by atoms with Crippen LogP contribution in [0.15, 0.2) is 18.2 Å². The molecule has 0 unspecified atom stereocenters. The summed E-state index contributed by atoms with van der Waals surface area (Å²) in [5.74, 6) is -1.31. The molecule has 0 saturated heterocycles. The van der Waals surface area contributed by atoms with Crippen LogP contribution in [0.1, 0.15) is 24.2 Å². The highest BCUT2D eigenvalue weighted by molar-refractivity contribution is 5.93. The van der Waals surface area contributed by atoms with E-state index in [-0.39, 0.29) is 11.6 Å². The van der Waals surface area contributed by atoms with Crippen LogP contribution >= 0.6 is 0 Å². The zero-order chi connectivity index (χ0) is 12.3. The Hall–Kier alpha value is -2.11. The quantitative estimate of drug-likeness (QED) is 0.603. The van der Waals surface area contributed by atoms with Crippen LogP contribution in [0.5, 0.6) is 0 Å². The van der Waals surface area contributed by atoms with Crippen molar-refractivity contribution in [2.45, 2.75) is 19.9 Å². The van der Waals surface area contributed by atoms with E-state index >= 15 is 0 Å². The number of benzene rings is 1. The van der Waals surface area contributed by atoms with E-state index in [1.807, 2.05) is 13.8 Å². The average molecular weight is 224 g/mol. The first-order valence-electron chi connectivity index (χ1n) is 4.70. The van der Waals surface area contributed by atoms with Crippen molar-refractivity contribution in [1.29, 1.82) is 0 Å². The van der Waals surface area contributed by atoms with E-state index < -0.39 is 16.6 Å². The van der Waals surface area contributed by atoms with Crippen LogP contribution in [-0.4, -0.2) is 22.0 Å². The number of nitrogens with zero attached hydrogens (tertiary/aromatic N) is 1. The van der Waals surface area contributed by atoms with E-state index in [0.29, 0.717) is 5.69 Å². The van der Waals surface area contributed by atoms with Crippen molar-refractivity contribution in [2.75, 3.05) is 5.32 Å². The summed E-state index contributed by atoms with van der Waals surface area (Å²) in [4.78, 5) is 20.7. The lowest BCUT2D eigenvalue weighted by Crippen LogP contribution is -2.11. The maximum atomic E-state index is 10.8. The maximum absolute atomic E-state index is 10.8. The number of hydrogen-bond acceptors (Lipinski definition) is 4. The average Bonchev–Trinajstić information content (AvgIpc) is 2.16. The van der Waals surface area contributed by atoms with Gasteiger partial charge in [0.2, 0.25) is 0 Å². The minimum absolute atomic E-state index is 0.128. The van der Waals surface area contributed by atoms with E-state index in [1.165, 1.54) is 18.2 Å². The molecule has 0 heterocycles. The number of nitro groups is 1. The predicted octanol–water partition coefficient (Wildman–Crippen LogP) is 2.11. The largest absolute Gasteiger partial charge is 0.477 e. The lowest BCUT2D eigenvalue weighted by molar-refractivity contribution is -0.385. The Morgan fingerprint density at radius 3 is 2.56 bits per heavy atom. The van der Waals surface area contributed by atoms with Gasteiger partial charge >= 0.3 is 5.97 Å². The van der Waals surface area contributed by atoms with E-state index in [1.54, 1.807) is 0 Å². The highest BCUT2D eigenvalue weighted by Crippen LogP contribution is 2.23. The van der Waals surface area contributed by atoms with Gasteiger partial charge in [0.05, 0.1) is 4.92 Å². The molecular weight excluding hydrogens is 212 g/mol. The Labute approximate surface area is 92.0 Å². The second-order valence-electron chi connectivity index (χ2n) is 3.59. The van der Waals surface area contributed by atoms with E-state index in [2.05, 4.69) is 5.32 Å². The van der Waals surface area contributed by atoms with Gasteiger partial charge in [0.1, 0.15) is 5.56 Å². The van der Waals surface area contributed by atoms with Crippen molar-refractivity contribution in [3.8, 4) is 0 Å². The lowest BCUT2D eigenvalue weighted by atomic mass is 10.1. The Balaban J connectivity index is 3.17. The van der Waals surface area contributed by atoms with Crippen molar-refractivity contribution in [1.82, 2.24) is 0 Å². The first kappa shape index (κ1) is 12.0. The van der Waals surface area contributed by atoms with Gasteiger partial charge in [0, 0.05) is 17.8 Å². The zero-order valence-corrected chi connectivity index (χ0v) is 8.93. The standard InChI is InChI=1S/C10H12N2O4/c1-6(2)11-7-3-4-9(12(15)16)8(5-7)10(13)14/h3-6,11H,1-2H3,(H,13,14). The summed E-state index contributed by atoms with van der Waals surface area (Å²) < 4.78 is 0. The van der Waals surface area contributed by atoms with Crippen LogP contribution in [0.4, 0.5) is 11.4 Å². The number of anilines is 1. The molecule has 6 heteroatoms. The number of rotatable bonds is 4. The highest BCUT2D eigenvalue weighted by atomic mass is 16.6. The number of nitro benzene ring substituents is 1. The van der Waals surface area contributed by atoms with Gasteiger partial charge in [-0.25, -0.2) is 4.79 Å². The molecule has 16 heavy (non-hydrogen) atoms. The number of aromatic carboxylic acids is 1. The first-order chi connectivity index (χ1) is 7.41. The van der Waals surface area contributed by atoms with E-state index in [0.717, 1.165) is 0 Å². The van der Waals surface area contributed by atoms with Crippen LogP contribution in [0, 0.1) is 10.1 Å². The van der Waals surface area contributed by atoms with Gasteiger partial charge in [-0.05, 0) is 26.0 Å². The number of carboxylic acid groups (broad SMARTS) is 1. The molecule has 0 radical (unpaired) electrons. The van der Waals surface area contributed by atoms with E-state index in [9.17, 15) is 14.9 Å². The molecule has 0 saturated carbocycles. The molecule has 2 N–H and O–H groups in total. The Morgan fingerprint density at radius 2 is 2.12 bits per heavy atom. The molecule has 0 amide bonds. The molecule has 0 aliphatic heterocycles. The van der Waals surface area contributed by atoms with Crippen LogP contribution in [0.25, 0.3) is 0 Å². The summed E-state index contributed by atoms with van der Waals surface area (Å²) in [5.41, 5.74) is -0.157. The third-order valence-electron chi connectivity index (χ3n) is 1.88. The van der Waals surface area contributed by atoms with Crippen LogP contribution in [-0.2, 0) is 0 Å². The first-order valence-corrected chi connectivity index (χ1v) is 4.70. The highest BCUT2D eigenvalue weighted by Gasteiger charge is 2.19. The Kier molecular flexibility index (Phi) is 3.44. The monoisotopic (exact) mass is 224 g/mol. The van der Waals surface area contributed by atoms with Crippen LogP contribution < -0.4 is 5.32 Å². The third kappa shape index (κ3) is 2.69. The zero-order valence-electron chi connectivity index (χ0n) is 8.93. The molecule has 0 atom stereocenters. The van der Waals surface area contributed by atoms with Gasteiger partial charge in [-0.3, -0.25) is 10.1 Å². The summed E-state index contributed by atoms with van der Waals surface area (Å²) in [6.07, 6.45) is 0. The predicted molar refractivity (Wildman–Crippen MR) is 58.8 cm³/mol. The fourth-order valence-corrected chi connectivity index (χ4v) is 1.29. The van der Waals surface area contributed by atoms with Gasteiger partial charge in [-0.2, -0.15) is 0 Å². The van der Waals surface area contributed by atoms with Crippen molar-refractivity contribution >= 4 is 17.3 Å². The van der Waals surface area contributed by atoms with Crippen LogP contribution in [0.3, 0.4) is 0 Å². The van der Waals surface area contributed by atoms with Crippen molar-refractivity contribution < 1.29 is 14.8 Å². The summed E-state index contributed by atoms with van der Waals surface area (Å²) in [7, 11) is 0. The maximum Gasteiger partial charge on any atom is 0.342 e. The summed E-state index contributed by atoms with van der Waals surface area (Å²) in [5, 5.41) is 22.4. The number of carbonyl (C=O) groups is 1. The summed E-state index contributed by atoms with van der Waals surface area (Å²) in [6.45, 7) is 3.78. The molecule has 0 fully saturated rings. The van der Waals surface area contributed by atoms with Gasteiger partial charge in [0.25, 0.3) is 5.69 Å².